The summed E-state index contributed by atoms with van der Waals surface area (Å²) in [7, 11) is 1.65. The lowest BCUT2D eigenvalue weighted by atomic mass is 10.2. The number of piperazine rings is 1. The fourth-order valence-corrected chi connectivity index (χ4v) is 3.25. The van der Waals surface area contributed by atoms with Crippen LogP contribution in [0.25, 0.3) is 11.3 Å². The second-order valence-corrected chi connectivity index (χ2v) is 6.62. The molecule has 2 aromatic heterocycles. The van der Waals surface area contributed by atoms with Crippen LogP contribution in [0.15, 0.2) is 28.9 Å². The van der Waals surface area contributed by atoms with Crippen LogP contribution in [0.2, 0.25) is 0 Å². The van der Waals surface area contributed by atoms with Crippen molar-refractivity contribution in [1.82, 2.24) is 25.2 Å². The molecule has 0 bridgehead atoms. The first-order valence-corrected chi connectivity index (χ1v) is 9.18. The highest BCUT2D eigenvalue weighted by Gasteiger charge is 2.23. The summed E-state index contributed by atoms with van der Waals surface area (Å²) in [6.45, 7) is 5.11. The van der Waals surface area contributed by atoms with Gasteiger partial charge in [-0.1, -0.05) is 12.1 Å². The Morgan fingerprint density at radius 3 is 2.68 bits per heavy atom. The third-order valence-corrected chi connectivity index (χ3v) is 4.66. The summed E-state index contributed by atoms with van der Waals surface area (Å²) in [6, 6.07) is 6.74. The van der Waals surface area contributed by atoms with Crippen LogP contribution in [0.5, 0.6) is 0 Å². The Morgan fingerprint density at radius 2 is 1.93 bits per heavy atom. The van der Waals surface area contributed by atoms with Crippen molar-refractivity contribution in [1.29, 1.82) is 0 Å². The second-order valence-electron chi connectivity index (χ2n) is 6.62. The van der Waals surface area contributed by atoms with Gasteiger partial charge in [-0.2, -0.15) is 0 Å². The van der Waals surface area contributed by atoms with Crippen molar-refractivity contribution in [2.75, 3.05) is 56.7 Å². The summed E-state index contributed by atoms with van der Waals surface area (Å²) in [5, 5.41) is 10.8. The molecule has 1 saturated heterocycles. The highest BCUT2D eigenvalue weighted by molar-refractivity contribution is 5.74. The van der Waals surface area contributed by atoms with E-state index < -0.39 is 0 Å². The van der Waals surface area contributed by atoms with Gasteiger partial charge in [0, 0.05) is 46.4 Å². The molecular formula is C18H22FN7O2. The maximum atomic E-state index is 13.4. The molecule has 1 aliphatic heterocycles. The van der Waals surface area contributed by atoms with Gasteiger partial charge in [-0.3, -0.25) is 4.90 Å². The molecule has 28 heavy (non-hydrogen) atoms. The average Bonchev–Trinajstić information content (AvgIpc) is 3.16. The van der Waals surface area contributed by atoms with E-state index >= 15 is 0 Å². The largest absolute Gasteiger partial charge is 0.383 e. The van der Waals surface area contributed by atoms with E-state index in [2.05, 4.69) is 35.4 Å². The van der Waals surface area contributed by atoms with Crippen LogP contribution in [0.1, 0.15) is 5.56 Å². The van der Waals surface area contributed by atoms with E-state index in [1.165, 1.54) is 6.07 Å². The predicted molar refractivity (Wildman–Crippen MR) is 102 cm³/mol. The van der Waals surface area contributed by atoms with Crippen molar-refractivity contribution >= 4 is 22.9 Å². The van der Waals surface area contributed by atoms with Gasteiger partial charge in [0.25, 0.3) is 0 Å². The number of hydrogen-bond donors (Lipinski definition) is 1. The molecule has 148 valence electrons. The van der Waals surface area contributed by atoms with Crippen molar-refractivity contribution < 1.29 is 13.8 Å². The first-order chi connectivity index (χ1) is 13.7. The van der Waals surface area contributed by atoms with E-state index in [1.807, 2.05) is 6.07 Å². The van der Waals surface area contributed by atoms with E-state index in [0.717, 1.165) is 44.1 Å². The molecule has 0 spiro atoms. The zero-order valence-electron chi connectivity index (χ0n) is 15.6. The summed E-state index contributed by atoms with van der Waals surface area (Å²) in [5.41, 5.74) is 1.73. The number of nitrogens with one attached hydrogen (secondary N) is 1. The Morgan fingerprint density at radius 1 is 1.14 bits per heavy atom. The molecule has 0 saturated carbocycles. The third kappa shape index (κ3) is 4.18. The van der Waals surface area contributed by atoms with Crippen molar-refractivity contribution in [2.45, 2.75) is 6.54 Å². The number of methoxy groups -OCH3 is 1. The van der Waals surface area contributed by atoms with Crippen LogP contribution in [0.4, 0.5) is 16.0 Å². The molecule has 0 aliphatic carbocycles. The van der Waals surface area contributed by atoms with Crippen LogP contribution in [0.3, 0.4) is 0 Å². The zero-order chi connectivity index (χ0) is 19.3. The van der Waals surface area contributed by atoms with E-state index in [1.54, 1.807) is 19.2 Å². The maximum absolute atomic E-state index is 13.4. The summed E-state index contributed by atoms with van der Waals surface area (Å²) in [4.78, 5) is 13.5. The van der Waals surface area contributed by atoms with Crippen molar-refractivity contribution in [3.63, 3.8) is 0 Å². The van der Waals surface area contributed by atoms with Gasteiger partial charge in [0.1, 0.15) is 5.82 Å². The highest BCUT2D eigenvalue weighted by Crippen LogP contribution is 2.25. The lowest BCUT2D eigenvalue weighted by molar-refractivity contribution is 0.210. The normalized spacial score (nSPS) is 15.3. The Bertz CT molecular complexity index is 927. The summed E-state index contributed by atoms with van der Waals surface area (Å²) in [5.74, 6) is 1.16. The van der Waals surface area contributed by atoms with Crippen LogP contribution in [0, 0.1) is 5.82 Å². The van der Waals surface area contributed by atoms with E-state index in [0.29, 0.717) is 30.3 Å². The van der Waals surface area contributed by atoms with Gasteiger partial charge in [0.05, 0.1) is 6.61 Å². The standard InChI is InChI=1S/C18H22FN7O2/c1-27-10-5-20-17-18(22-16-15(21-17)23-28-24-16)26-8-6-25(7-9-26)12-13-3-2-4-14(19)11-13/h2-4,11H,5-10,12H2,1H3,(H,20,21,23). The van der Waals surface area contributed by atoms with Gasteiger partial charge < -0.3 is 15.0 Å². The number of nitrogens with zero attached hydrogens (tertiary/aromatic N) is 6. The number of rotatable bonds is 7. The third-order valence-electron chi connectivity index (χ3n) is 4.66. The molecule has 3 heterocycles. The van der Waals surface area contributed by atoms with Crippen LogP contribution >= 0.6 is 0 Å². The monoisotopic (exact) mass is 387 g/mol. The van der Waals surface area contributed by atoms with Gasteiger partial charge in [-0.15, -0.1) is 0 Å². The van der Waals surface area contributed by atoms with Gasteiger partial charge in [-0.05, 0) is 28.0 Å². The Hall–Kier alpha value is -2.85. The van der Waals surface area contributed by atoms with E-state index in [-0.39, 0.29) is 5.82 Å². The minimum Gasteiger partial charge on any atom is -0.383 e. The fourth-order valence-electron chi connectivity index (χ4n) is 3.25. The minimum absolute atomic E-state index is 0.201. The van der Waals surface area contributed by atoms with Crippen LogP contribution in [-0.2, 0) is 11.3 Å². The number of fused-ring (bicyclic) bond motifs is 1. The quantitative estimate of drug-likeness (QED) is 0.606. The SMILES string of the molecule is COCCNc1nc2nonc2nc1N1CCN(Cc2cccc(F)c2)CC1. The fraction of sp³-hybridized carbons (Fsp3) is 0.444. The molecule has 3 aromatic rings. The smallest absolute Gasteiger partial charge is 0.245 e. The Labute approximate surface area is 161 Å². The number of hydrogen-bond acceptors (Lipinski definition) is 9. The van der Waals surface area contributed by atoms with Crippen LogP contribution < -0.4 is 10.2 Å². The zero-order valence-corrected chi connectivity index (χ0v) is 15.6. The van der Waals surface area contributed by atoms with E-state index in [4.69, 9.17) is 9.37 Å². The maximum Gasteiger partial charge on any atom is 0.245 e. The summed E-state index contributed by atoms with van der Waals surface area (Å²) >= 11 is 0. The molecule has 10 heteroatoms. The minimum atomic E-state index is -0.201. The van der Waals surface area contributed by atoms with Crippen LogP contribution in [-0.4, -0.2) is 71.6 Å². The molecule has 0 radical (unpaired) electrons. The first-order valence-electron chi connectivity index (χ1n) is 9.18. The molecule has 1 aliphatic rings. The second kappa shape index (κ2) is 8.44. The Balaban J connectivity index is 1.45. The average molecular weight is 387 g/mol. The molecule has 4 rings (SSSR count). The number of benzene rings is 1. The molecule has 1 fully saturated rings. The van der Waals surface area contributed by atoms with Gasteiger partial charge in [0.2, 0.25) is 11.3 Å². The highest BCUT2D eigenvalue weighted by atomic mass is 19.1. The lowest BCUT2D eigenvalue weighted by Gasteiger charge is -2.35. The van der Waals surface area contributed by atoms with Crippen molar-refractivity contribution in [3.05, 3.63) is 35.6 Å². The molecule has 0 unspecified atom stereocenters. The molecule has 1 N–H and O–H groups in total. The number of halogens is 1. The Kier molecular flexibility index (Phi) is 5.58. The number of aromatic nitrogens is 4. The summed E-state index contributed by atoms with van der Waals surface area (Å²) < 4.78 is 23.2. The van der Waals surface area contributed by atoms with Crippen molar-refractivity contribution in [3.8, 4) is 0 Å². The summed E-state index contributed by atoms with van der Waals surface area (Å²) in [6.07, 6.45) is 0. The van der Waals surface area contributed by atoms with Gasteiger partial charge in [-0.25, -0.2) is 19.0 Å². The molecule has 0 atom stereocenters. The predicted octanol–water partition coefficient (Wildman–Crippen LogP) is 1.53. The molecule has 1 aromatic carbocycles. The number of ether oxygens (including phenoxy) is 1. The van der Waals surface area contributed by atoms with Crippen molar-refractivity contribution in [2.24, 2.45) is 0 Å². The number of anilines is 2. The lowest BCUT2D eigenvalue weighted by Crippen LogP contribution is -2.46. The molecule has 9 nitrogen and oxygen atoms in total. The van der Waals surface area contributed by atoms with E-state index in [9.17, 15) is 4.39 Å². The first kappa shape index (κ1) is 18.5. The topological polar surface area (TPSA) is 92.4 Å². The molecule has 0 amide bonds. The molecular weight excluding hydrogens is 365 g/mol. The van der Waals surface area contributed by atoms with Gasteiger partial charge in [0.15, 0.2) is 11.6 Å². The van der Waals surface area contributed by atoms with Gasteiger partial charge >= 0.3 is 0 Å².